The molecular formula is C58H60N6O. The molecule has 0 amide bonds. The highest BCUT2D eigenvalue weighted by Crippen LogP contribution is 2.44. The number of pyridine rings is 4. The maximum absolute atomic E-state index is 6.86. The smallest absolute Gasteiger partial charge is 0.147 e. The van der Waals surface area contributed by atoms with Gasteiger partial charge in [0.1, 0.15) is 22.8 Å². The Kier molecular flexibility index (Phi) is 10.5. The predicted molar refractivity (Wildman–Crippen MR) is 271 cm³/mol. The van der Waals surface area contributed by atoms with Crippen LogP contribution in [0.1, 0.15) is 152 Å². The molecule has 0 N–H and O–H groups in total. The lowest BCUT2D eigenvalue weighted by Gasteiger charge is -2.21. The van der Waals surface area contributed by atoms with Gasteiger partial charge >= 0.3 is 0 Å². The maximum Gasteiger partial charge on any atom is 0.147 e. The third kappa shape index (κ3) is 6.76. The fraction of sp³-hybridized carbons (Fsp3) is 0.310. The number of hydrogen-bond acceptors (Lipinski definition) is 5. The van der Waals surface area contributed by atoms with Crippen LogP contribution in [0.2, 0.25) is 0 Å². The number of aromatic nitrogens is 6. The number of nitrogens with zero attached hydrogens (tertiary/aromatic N) is 6. The Hall–Kier alpha value is -6.60. The molecule has 10 aromatic rings. The van der Waals surface area contributed by atoms with Crippen molar-refractivity contribution in [1.82, 2.24) is 28.7 Å². The second kappa shape index (κ2) is 16.1. The summed E-state index contributed by atoms with van der Waals surface area (Å²) in [4.78, 5) is 20.9. The number of benzene rings is 4. The lowest BCUT2D eigenvalue weighted by Crippen LogP contribution is -2.04. The molecule has 0 aliphatic rings. The normalized spacial score (nSPS) is 12.5. The summed E-state index contributed by atoms with van der Waals surface area (Å²) >= 11 is 0. The minimum atomic E-state index is 0.282. The number of ether oxygens (including phenoxy) is 1. The molecule has 6 aromatic heterocycles. The number of fused-ring (bicyclic) bond motifs is 12. The Morgan fingerprint density at radius 1 is 0.385 bits per heavy atom. The lowest BCUT2D eigenvalue weighted by molar-refractivity contribution is 0.480. The van der Waals surface area contributed by atoms with Crippen LogP contribution in [0, 0.1) is 0 Å². The van der Waals surface area contributed by atoms with E-state index in [1.807, 2.05) is 12.4 Å². The molecular weight excluding hydrogens is 797 g/mol. The second-order valence-corrected chi connectivity index (χ2v) is 19.9. The van der Waals surface area contributed by atoms with E-state index >= 15 is 0 Å². The van der Waals surface area contributed by atoms with Crippen LogP contribution in [0.3, 0.4) is 0 Å². The zero-order valence-corrected chi connectivity index (χ0v) is 39.9. The van der Waals surface area contributed by atoms with Crippen molar-refractivity contribution in [2.24, 2.45) is 0 Å². The minimum Gasteiger partial charge on any atom is -0.454 e. The standard InChI is InChI=1S/C58H60N6O/c1-31(2)39-17-13-18-40(32(3)4)51(39)49-29-61-57-45-25-37(27-59-55(45)53-43(35(9)10)21-15-23-47(53)63(49)57)65-38-26-46-56(60-28-38)54-44(36(11)12)22-16-24-48(54)64-50(30-62-58(46)64)52-41(33(5)6)19-14-20-42(52)34(7)8/h13-36H,1-12H3. The average molecular weight is 857 g/mol. The van der Waals surface area contributed by atoms with Crippen LogP contribution in [0.5, 0.6) is 11.5 Å². The van der Waals surface area contributed by atoms with Gasteiger partial charge in [-0.05, 0) is 93.2 Å². The van der Waals surface area contributed by atoms with Crippen molar-refractivity contribution < 1.29 is 4.74 Å². The second-order valence-electron chi connectivity index (χ2n) is 19.9. The quantitative estimate of drug-likeness (QED) is 0.128. The fourth-order valence-electron chi connectivity index (χ4n) is 10.5. The van der Waals surface area contributed by atoms with Gasteiger partial charge < -0.3 is 4.74 Å². The summed E-state index contributed by atoms with van der Waals surface area (Å²) in [6.45, 7) is 27.3. The first kappa shape index (κ1) is 42.4. The third-order valence-electron chi connectivity index (χ3n) is 13.6. The molecule has 0 aliphatic heterocycles. The van der Waals surface area contributed by atoms with Crippen molar-refractivity contribution in [2.75, 3.05) is 0 Å². The van der Waals surface area contributed by atoms with Gasteiger partial charge in [0.2, 0.25) is 0 Å². The Bertz CT molecular complexity index is 3210. The Labute approximate surface area is 382 Å². The molecule has 0 saturated carbocycles. The van der Waals surface area contributed by atoms with Crippen LogP contribution in [-0.2, 0) is 0 Å². The van der Waals surface area contributed by atoms with E-state index in [4.69, 9.17) is 24.7 Å². The van der Waals surface area contributed by atoms with Gasteiger partial charge in [-0.25, -0.2) is 9.97 Å². The molecule has 0 atom stereocenters. The van der Waals surface area contributed by atoms with Crippen molar-refractivity contribution in [3.8, 4) is 34.0 Å². The Morgan fingerprint density at radius 3 is 1.05 bits per heavy atom. The van der Waals surface area contributed by atoms with Gasteiger partial charge in [0.25, 0.3) is 0 Å². The molecule has 0 fully saturated rings. The van der Waals surface area contributed by atoms with Gasteiger partial charge in [-0.3, -0.25) is 18.8 Å². The molecule has 0 radical (unpaired) electrons. The molecule has 0 unspecified atom stereocenters. The highest BCUT2D eigenvalue weighted by atomic mass is 16.5. The third-order valence-corrected chi connectivity index (χ3v) is 13.6. The van der Waals surface area contributed by atoms with Crippen LogP contribution < -0.4 is 4.74 Å². The van der Waals surface area contributed by atoms with E-state index in [9.17, 15) is 0 Å². The molecule has 6 heterocycles. The molecule has 0 spiro atoms. The number of hydrogen-bond donors (Lipinski definition) is 0. The van der Waals surface area contributed by atoms with Crippen molar-refractivity contribution in [1.29, 1.82) is 0 Å². The summed E-state index contributed by atoms with van der Waals surface area (Å²) in [6.07, 6.45) is 7.83. The Morgan fingerprint density at radius 2 is 0.708 bits per heavy atom. The average Bonchev–Trinajstić information content (AvgIpc) is 3.94. The van der Waals surface area contributed by atoms with E-state index in [0.29, 0.717) is 35.2 Å². The summed E-state index contributed by atoms with van der Waals surface area (Å²) < 4.78 is 11.6. The van der Waals surface area contributed by atoms with Crippen molar-refractivity contribution in [3.05, 3.63) is 143 Å². The van der Waals surface area contributed by atoms with Crippen LogP contribution in [0.25, 0.3) is 77.4 Å². The van der Waals surface area contributed by atoms with E-state index < -0.39 is 0 Å². The van der Waals surface area contributed by atoms with E-state index in [0.717, 1.165) is 66.3 Å². The molecule has 10 rings (SSSR count). The molecule has 0 saturated heterocycles. The Balaban J connectivity index is 1.20. The van der Waals surface area contributed by atoms with Gasteiger partial charge in [0.15, 0.2) is 0 Å². The first-order valence-corrected chi connectivity index (χ1v) is 23.6. The van der Waals surface area contributed by atoms with Gasteiger partial charge in [-0.2, -0.15) is 0 Å². The van der Waals surface area contributed by atoms with Gasteiger partial charge in [0.05, 0.1) is 58.2 Å². The highest BCUT2D eigenvalue weighted by Gasteiger charge is 2.26. The van der Waals surface area contributed by atoms with Gasteiger partial charge in [0, 0.05) is 32.7 Å². The van der Waals surface area contributed by atoms with E-state index in [2.05, 4.69) is 189 Å². The zero-order valence-electron chi connectivity index (χ0n) is 39.9. The lowest BCUT2D eigenvalue weighted by atomic mass is 9.87. The first-order valence-electron chi connectivity index (χ1n) is 23.6. The van der Waals surface area contributed by atoms with Crippen molar-refractivity contribution in [3.63, 3.8) is 0 Å². The summed E-state index contributed by atoms with van der Waals surface area (Å²) in [7, 11) is 0. The van der Waals surface area contributed by atoms with E-state index in [1.54, 1.807) is 0 Å². The van der Waals surface area contributed by atoms with Crippen molar-refractivity contribution >= 4 is 54.9 Å². The van der Waals surface area contributed by atoms with Crippen LogP contribution >= 0.6 is 0 Å². The molecule has 65 heavy (non-hydrogen) atoms. The largest absolute Gasteiger partial charge is 0.454 e. The van der Waals surface area contributed by atoms with Crippen LogP contribution in [-0.4, -0.2) is 28.7 Å². The maximum atomic E-state index is 6.86. The summed E-state index contributed by atoms with van der Waals surface area (Å²) in [5.41, 5.74) is 18.3. The molecule has 4 aromatic carbocycles. The minimum absolute atomic E-state index is 0.282. The predicted octanol–water partition coefficient (Wildman–Crippen LogP) is 16.3. The van der Waals surface area contributed by atoms with Crippen LogP contribution in [0.4, 0.5) is 0 Å². The molecule has 0 bridgehead atoms. The molecule has 0 aliphatic carbocycles. The SMILES string of the molecule is CC(C)c1cccc(C(C)C)c1-c1cnc2c3cc(Oc4cnc5c(c4)c4ncc(-c6c(C(C)C)cccc6C(C)C)n4c4cccc(C(C)C)c54)cnc3c3c(C(C)C)cccc3n12. The monoisotopic (exact) mass is 856 g/mol. The summed E-state index contributed by atoms with van der Waals surface area (Å²) in [6, 6.07) is 31.0. The van der Waals surface area contributed by atoms with Crippen LogP contribution in [0.15, 0.2) is 110 Å². The van der Waals surface area contributed by atoms with E-state index in [1.165, 1.54) is 44.5 Å². The van der Waals surface area contributed by atoms with E-state index in [-0.39, 0.29) is 11.8 Å². The van der Waals surface area contributed by atoms with Crippen molar-refractivity contribution in [2.45, 2.75) is 119 Å². The summed E-state index contributed by atoms with van der Waals surface area (Å²) in [5, 5.41) is 4.16. The summed E-state index contributed by atoms with van der Waals surface area (Å²) in [5.74, 6) is 3.14. The highest BCUT2D eigenvalue weighted by molar-refractivity contribution is 6.13. The van der Waals surface area contributed by atoms with Gasteiger partial charge in [-0.15, -0.1) is 0 Å². The number of imidazole rings is 2. The topological polar surface area (TPSA) is 69.6 Å². The molecule has 328 valence electrons. The first-order chi connectivity index (χ1) is 31.2. The zero-order chi connectivity index (χ0) is 45.6. The fourth-order valence-corrected chi connectivity index (χ4v) is 10.5. The van der Waals surface area contributed by atoms with Gasteiger partial charge in [-0.1, -0.05) is 144 Å². The number of rotatable bonds is 10. The molecule has 7 heteroatoms. The molecule has 7 nitrogen and oxygen atoms in total.